The van der Waals surface area contributed by atoms with Gasteiger partial charge in [-0.1, -0.05) is 129 Å². The molecule has 2 aliphatic rings. The second-order valence-electron chi connectivity index (χ2n) is 7.51. The summed E-state index contributed by atoms with van der Waals surface area (Å²) in [6.45, 7) is 5.76. The van der Waals surface area contributed by atoms with Gasteiger partial charge in [-0.25, -0.2) is 0 Å². The Kier molecular flexibility index (Phi) is 16.9. The summed E-state index contributed by atoms with van der Waals surface area (Å²) in [6, 6.07) is 0. The van der Waals surface area contributed by atoms with E-state index in [4.69, 9.17) is 0 Å². The molecule has 2 rings (SSSR count). The molecule has 0 bridgehead atoms. The van der Waals surface area contributed by atoms with Crippen LogP contribution in [0.3, 0.4) is 0 Å². The minimum atomic E-state index is 0. The molecule has 1 radical (unpaired) electrons. The summed E-state index contributed by atoms with van der Waals surface area (Å²) in [5.74, 6) is 1.07. The Bertz CT molecular complexity index is 184. The van der Waals surface area contributed by atoms with Crippen molar-refractivity contribution in [2.24, 2.45) is 0 Å². The summed E-state index contributed by atoms with van der Waals surface area (Å²) in [4.78, 5) is 0. The van der Waals surface area contributed by atoms with Gasteiger partial charge < -0.3 is 0 Å². The van der Waals surface area contributed by atoms with Gasteiger partial charge in [-0.3, -0.25) is 0 Å². The van der Waals surface area contributed by atoms with Gasteiger partial charge in [-0.2, -0.15) is 0 Å². The van der Waals surface area contributed by atoms with E-state index in [-0.39, 0.29) is 16.8 Å². The van der Waals surface area contributed by atoms with Crippen LogP contribution in [0.4, 0.5) is 0 Å². The SMILES string of the molecule is C1CCCCCCC1.CCB(CC)C1CCCCCCC1.[Co]. The van der Waals surface area contributed by atoms with Gasteiger partial charge in [0.1, 0.15) is 6.71 Å². The maximum absolute atomic E-state index is 2.37. The summed E-state index contributed by atoms with van der Waals surface area (Å²) < 4.78 is 0. The molecule has 0 aromatic rings. The molecule has 0 aromatic heterocycles. The monoisotopic (exact) mass is 351 g/mol. The molecule has 22 heavy (non-hydrogen) atoms. The molecular formula is C20H41BCo. The Morgan fingerprint density at radius 1 is 0.545 bits per heavy atom. The van der Waals surface area contributed by atoms with Crippen molar-refractivity contribution < 1.29 is 16.8 Å². The van der Waals surface area contributed by atoms with E-state index in [1.807, 2.05) is 0 Å². The standard InChI is InChI=1S/C12H25B.C8H16.Co/c1-3-13(4-2)12-10-8-6-5-7-9-11-12;1-2-4-6-8-7-5-3-1;/h12H,3-11H2,1-2H3;1-8H2;. The van der Waals surface area contributed by atoms with Crippen LogP contribution in [0.2, 0.25) is 18.5 Å². The Balaban J connectivity index is 0.000000423. The Labute approximate surface area is 152 Å². The zero-order chi connectivity index (χ0) is 15.2. The molecule has 0 atom stereocenters. The quantitative estimate of drug-likeness (QED) is 0.456. The van der Waals surface area contributed by atoms with Gasteiger partial charge in [0.15, 0.2) is 0 Å². The number of hydrogen-bond acceptors (Lipinski definition) is 0. The Hall–Kier alpha value is 0.571. The first-order valence-corrected chi connectivity index (χ1v) is 10.4. The normalized spacial score (nSPS) is 21.0. The molecule has 2 fully saturated rings. The van der Waals surface area contributed by atoms with E-state index in [1.165, 1.54) is 109 Å². The minimum Gasteiger partial charge on any atom is -0.0768 e. The molecule has 0 aliphatic heterocycles. The fraction of sp³-hybridized carbons (Fsp3) is 1.00. The van der Waals surface area contributed by atoms with E-state index in [1.54, 1.807) is 0 Å². The predicted octanol–water partition coefficient (Wildman–Crippen LogP) is 7.75. The van der Waals surface area contributed by atoms with Gasteiger partial charge in [0.2, 0.25) is 0 Å². The first kappa shape index (κ1) is 22.6. The van der Waals surface area contributed by atoms with Crippen LogP contribution in [0.5, 0.6) is 0 Å². The molecule has 2 aliphatic carbocycles. The third-order valence-electron chi connectivity index (χ3n) is 5.87. The molecule has 0 heterocycles. The molecule has 0 unspecified atom stereocenters. The summed E-state index contributed by atoms with van der Waals surface area (Å²) >= 11 is 0. The Morgan fingerprint density at radius 3 is 1.09 bits per heavy atom. The van der Waals surface area contributed by atoms with Crippen molar-refractivity contribution in [3.8, 4) is 0 Å². The van der Waals surface area contributed by atoms with Gasteiger partial charge in [-0.15, -0.1) is 0 Å². The van der Waals surface area contributed by atoms with Gasteiger partial charge in [0, 0.05) is 16.8 Å². The first-order valence-electron chi connectivity index (χ1n) is 10.4. The zero-order valence-corrected chi connectivity index (χ0v) is 16.5. The van der Waals surface area contributed by atoms with E-state index < -0.39 is 0 Å². The van der Waals surface area contributed by atoms with Crippen LogP contribution in [0.1, 0.15) is 110 Å². The largest absolute Gasteiger partial charge is 0.142 e. The third kappa shape index (κ3) is 11.2. The van der Waals surface area contributed by atoms with E-state index in [2.05, 4.69) is 13.8 Å². The fourth-order valence-corrected chi connectivity index (χ4v) is 4.33. The molecule has 133 valence electrons. The topological polar surface area (TPSA) is 0 Å². The molecule has 0 spiro atoms. The molecule has 2 saturated carbocycles. The van der Waals surface area contributed by atoms with E-state index >= 15 is 0 Å². The van der Waals surface area contributed by atoms with E-state index in [0.717, 1.165) is 12.5 Å². The van der Waals surface area contributed by atoms with E-state index in [9.17, 15) is 0 Å². The van der Waals surface area contributed by atoms with E-state index in [0.29, 0.717) is 0 Å². The molecule has 0 N–H and O–H groups in total. The van der Waals surface area contributed by atoms with Crippen molar-refractivity contribution in [1.82, 2.24) is 0 Å². The van der Waals surface area contributed by atoms with Gasteiger partial charge in [0.05, 0.1) is 0 Å². The fourth-order valence-electron chi connectivity index (χ4n) is 4.33. The number of hydrogen-bond donors (Lipinski definition) is 0. The molecule has 0 amide bonds. The van der Waals surface area contributed by atoms with Crippen LogP contribution < -0.4 is 0 Å². The summed E-state index contributed by atoms with van der Waals surface area (Å²) in [5, 5.41) is 0. The minimum absolute atomic E-state index is 0. The van der Waals surface area contributed by atoms with Crippen molar-refractivity contribution in [3.63, 3.8) is 0 Å². The maximum Gasteiger partial charge on any atom is 0.142 e. The maximum atomic E-state index is 2.37. The van der Waals surface area contributed by atoms with Crippen LogP contribution in [0, 0.1) is 0 Å². The van der Waals surface area contributed by atoms with Crippen LogP contribution in [0.25, 0.3) is 0 Å². The smallest absolute Gasteiger partial charge is 0.0768 e. The van der Waals surface area contributed by atoms with Crippen molar-refractivity contribution >= 4 is 6.71 Å². The van der Waals surface area contributed by atoms with Gasteiger partial charge >= 0.3 is 0 Å². The van der Waals surface area contributed by atoms with Crippen LogP contribution in [-0.2, 0) is 16.8 Å². The summed E-state index contributed by atoms with van der Waals surface area (Å²) in [5.41, 5.74) is 0. The van der Waals surface area contributed by atoms with Crippen molar-refractivity contribution in [3.05, 3.63) is 0 Å². The average molecular weight is 351 g/mol. The first-order chi connectivity index (χ1) is 10.4. The average Bonchev–Trinajstić information content (AvgIpc) is 2.42. The molecule has 2 heteroatoms. The van der Waals surface area contributed by atoms with Gasteiger partial charge in [-0.05, 0) is 0 Å². The predicted molar refractivity (Wildman–Crippen MR) is 99.7 cm³/mol. The third-order valence-corrected chi connectivity index (χ3v) is 5.87. The van der Waals surface area contributed by atoms with Crippen LogP contribution in [-0.4, -0.2) is 6.71 Å². The molecule has 0 saturated heterocycles. The Morgan fingerprint density at radius 2 is 0.818 bits per heavy atom. The molecule has 0 aromatic carbocycles. The second-order valence-corrected chi connectivity index (χ2v) is 7.51. The zero-order valence-electron chi connectivity index (χ0n) is 15.5. The van der Waals surface area contributed by atoms with Crippen LogP contribution >= 0.6 is 0 Å². The summed E-state index contributed by atoms with van der Waals surface area (Å²) in [6.07, 6.45) is 25.3. The van der Waals surface area contributed by atoms with Crippen molar-refractivity contribution in [1.29, 1.82) is 0 Å². The molecule has 0 nitrogen and oxygen atoms in total. The second kappa shape index (κ2) is 16.4. The van der Waals surface area contributed by atoms with Gasteiger partial charge in [0.25, 0.3) is 0 Å². The number of rotatable bonds is 3. The molecular weight excluding hydrogens is 310 g/mol. The van der Waals surface area contributed by atoms with Crippen LogP contribution in [0.15, 0.2) is 0 Å². The van der Waals surface area contributed by atoms with Crippen molar-refractivity contribution in [2.75, 3.05) is 0 Å². The van der Waals surface area contributed by atoms with Crippen molar-refractivity contribution in [2.45, 2.75) is 129 Å². The summed E-state index contributed by atoms with van der Waals surface area (Å²) in [7, 11) is 0.